The maximum Gasteiger partial charge on any atom is 0.319 e. The van der Waals surface area contributed by atoms with Gasteiger partial charge in [0.05, 0.1) is 11.2 Å². The largest absolute Gasteiger partial charge is 0.379 e. The van der Waals surface area contributed by atoms with Crippen molar-refractivity contribution in [2.75, 3.05) is 10.6 Å². The predicted octanol–water partition coefficient (Wildman–Crippen LogP) is 4.53. The molecule has 7 heteroatoms. The van der Waals surface area contributed by atoms with Crippen molar-refractivity contribution in [3.8, 4) is 0 Å². The first-order valence-corrected chi connectivity index (χ1v) is 9.11. The van der Waals surface area contributed by atoms with Gasteiger partial charge in [0, 0.05) is 35.1 Å². The third-order valence-electron chi connectivity index (χ3n) is 3.66. The van der Waals surface area contributed by atoms with E-state index < -0.39 is 0 Å². The van der Waals surface area contributed by atoms with Crippen molar-refractivity contribution in [3.63, 3.8) is 0 Å². The maximum absolute atomic E-state index is 11.7. The third kappa shape index (κ3) is 4.70. The lowest BCUT2D eigenvalue weighted by Crippen LogP contribution is -2.34. The molecule has 134 valence electrons. The van der Waals surface area contributed by atoms with Crippen LogP contribution in [-0.4, -0.2) is 22.0 Å². The number of hydrogen-bond donors (Lipinski definition) is 3. The number of rotatable bonds is 5. The van der Waals surface area contributed by atoms with Crippen molar-refractivity contribution >= 4 is 44.4 Å². The summed E-state index contributed by atoms with van der Waals surface area (Å²) in [5, 5.41) is 9.00. The minimum absolute atomic E-state index is 0.0999. The quantitative estimate of drug-likeness (QED) is 0.573. The Kier molecular flexibility index (Phi) is 5.68. The summed E-state index contributed by atoms with van der Waals surface area (Å²) in [5.74, 6) is 0. The van der Waals surface area contributed by atoms with Crippen LogP contribution in [0, 0.1) is 0 Å². The molecule has 0 aliphatic heterocycles. The second-order valence-corrected chi connectivity index (χ2v) is 7.10. The first kappa shape index (κ1) is 18.1. The zero-order chi connectivity index (χ0) is 18.5. The Morgan fingerprint density at radius 3 is 2.65 bits per heavy atom. The number of aromatic nitrogens is 2. The number of nitrogens with one attached hydrogen (secondary N) is 3. The van der Waals surface area contributed by atoms with E-state index in [1.54, 1.807) is 12.4 Å². The van der Waals surface area contributed by atoms with Crippen LogP contribution in [0.25, 0.3) is 11.0 Å². The van der Waals surface area contributed by atoms with Gasteiger partial charge in [0.2, 0.25) is 0 Å². The second kappa shape index (κ2) is 8.14. The van der Waals surface area contributed by atoms with Gasteiger partial charge in [-0.05, 0) is 59.6 Å². The smallest absolute Gasteiger partial charge is 0.319 e. The molecule has 2 amide bonds. The van der Waals surface area contributed by atoms with E-state index in [0.29, 0.717) is 6.54 Å². The number of hydrogen-bond acceptors (Lipinski definition) is 4. The van der Waals surface area contributed by atoms with E-state index in [0.717, 1.165) is 32.4 Å². The monoisotopic (exact) mass is 413 g/mol. The molecule has 3 aromatic rings. The zero-order valence-corrected chi connectivity index (χ0v) is 16.2. The molecule has 0 atom stereocenters. The minimum atomic E-state index is -0.202. The molecule has 2 aromatic heterocycles. The van der Waals surface area contributed by atoms with Gasteiger partial charge in [-0.1, -0.05) is 12.1 Å². The fourth-order valence-electron chi connectivity index (χ4n) is 2.48. The van der Waals surface area contributed by atoms with Gasteiger partial charge in [0.15, 0.2) is 0 Å². The molecule has 0 radical (unpaired) electrons. The average molecular weight is 414 g/mol. The van der Waals surface area contributed by atoms with E-state index in [1.807, 2.05) is 50.2 Å². The number of urea groups is 1. The summed E-state index contributed by atoms with van der Waals surface area (Å²) in [4.78, 5) is 20.5. The number of amides is 2. The van der Waals surface area contributed by atoms with Crippen LogP contribution >= 0.6 is 15.9 Å². The lowest BCUT2D eigenvalue weighted by atomic mass is 10.2. The standard InChI is InChI=1S/C19H20BrN5O/c1-12(2)24-19(26)25-15-5-3-13(4-6-15)10-22-16-7-8-21-17-9-14(20)11-23-18(16)17/h3-9,11-12H,10H2,1-2H3,(H,21,22)(H2,24,25,26). The van der Waals surface area contributed by atoms with E-state index in [2.05, 4.69) is 41.8 Å². The Morgan fingerprint density at radius 2 is 1.92 bits per heavy atom. The van der Waals surface area contributed by atoms with Gasteiger partial charge in [0.1, 0.15) is 5.52 Å². The van der Waals surface area contributed by atoms with Gasteiger partial charge in [-0.15, -0.1) is 0 Å². The highest BCUT2D eigenvalue weighted by Crippen LogP contribution is 2.22. The number of anilines is 2. The first-order chi connectivity index (χ1) is 12.5. The van der Waals surface area contributed by atoms with Crippen LogP contribution in [0.2, 0.25) is 0 Å². The van der Waals surface area contributed by atoms with Crippen molar-refractivity contribution in [1.82, 2.24) is 15.3 Å². The summed E-state index contributed by atoms with van der Waals surface area (Å²) in [7, 11) is 0. The van der Waals surface area contributed by atoms with Crippen molar-refractivity contribution in [2.45, 2.75) is 26.4 Å². The van der Waals surface area contributed by atoms with Gasteiger partial charge in [-0.25, -0.2) is 4.79 Å². The molecule has 0 aliphatic carbocycles. The lowest BCUT2D eigenvalue weighted by molar-refractivity contribution is 0.250. The van der Waals surface area contributed by atoms with Gasteiger partial charge in [-0.3, -0.25) is 9.97 Å². The Bertz CT molecular complexity index is 911. The average Bonchev–Trinajstić information content (AvgIpc) is 2.60. The van der Waals surface area contributed by atoms with Crippen LogP contribution in [0.5, 0.6) is 0 Å². The van der Waals surface area contributed by atoms with Crippen LogP contribution in [-0.2, 0) is 6.54 Å². The third-order valence-corrected chi connectivity index (χ3v) is 4.09. The topological polar surface area (TPSA) is 78.9 Å². The summed E-state index contributed by atoms with van der Waals surface area (Å²) in [6.07, 6.45) is 3.52. The normalized spacial score (nSPS) is 10.8. The molecule has 0 bridgehead atoms. The molecule has 26 heavy (non-hydrogen) atoms. The summed E-state index contributed by atoms with van der Waals surface area (Å²) in [6.45, 7) is 4.49. The molecule has 0 saturated carbocycles. The van der Waals surface area contributed by atoms with Crippen LogP contribution in [0.3, 0.4) is 0 Å². The Labute approximate surface area is 160 Å². The number of carbonyl (C=O) groups excluding carboxylic acids is 1. The molecule has 0 fully saturated rings. The molecule has 0 spiro atoms. The molecule has 6 nitrogen and oxygen atoms in total. The van der Waals surface area contributed by atoms with Gasteiger partial charge in [0.25, 0.3) is 0 Å². The number of halogens is 1. The predicted molar refractivity (Wildman–Crippen MR) is 108 cm³/mol. The van der Waals surface area contributed by atoms with Crippen molar-refractivity contribution in [1.29, 1.82) is 0 Å². The highest BCUT2D eigenvalue weighted by Gasteiger charge is 2.05. The first-order valence-electron chi connectivity index (χ1n) is 8.32. The summed E-state index contributed by atoms with van der Waals surface area (Å²) in [6, 6.07) is 11.5. The van der Waals surface area contributed by atoms with E-state index in [9.17, 15) is 4.79 Å². The van der Waals surface area contributed by atoms with Crippen LogP contribution in [0.1, 0.15) is 19.4 Å². The molecule has 2 heterocycles. The molecule has 3 rings (SSSR count). The van der Waals surface area contributed by atoms with E-state index >= 15 is 0 Å². The molecular weight excluding hydrogens is 394 g/mol. The number of fused-ring (bicyclic) bond motifs is 1. The Balaban J connectivity index is 1.64. The van der Waals surface area contributed by atoms with E-state index in [4.69, 9.17) is 0 Å². The van der Waals surface area contributed by atoms with E-state index in [-0.39, 0.29) is 12.1 Å². The highest BCUT2D eigenvalue weighted by molar-refractivity contribution is 9.10. The number of nitrogens with zero attached hydrogens (tertiary/aromatic N) is 2. The maximum atomic E-state index is 11.7. The van der Waals surface area contributed by atoms with Crippen LogP contribution in [0.4, 0.5) is 16.2 Å². The second-order valence-electron chi connectivity index (χ2n) is 6.18. The van der Waals surface area contributed by atoms with E-state index in [1.165, 1.54) is 0 Å². The van der Waals surface area contributed by atoms with Crippen molar-refractivity contribution in [2.24, 2.45) is 0 Å². The van der Waals surface area contributed by atoms with Crippen molar-refractivity contribution in [3.05, 3.63) is 58.8 Å². The number of pyridine rings is 2. The number of carbonyl (C=O) groups is 1. The molecule has 3 N–H and O–H groups in total. The zero-order valence-electron chi connectivity index (χ0n) is 14.6. The fourth-order valence-corrected chi connectivity index (χ4v) is 2.80. The SMILES string of the molecule is CC(C)NC(=O)Nc1ccc(CNc2ccnc3cc(Br)cnc23)cc1. The van der Waals surface area contributed by atoms with Crippen LogP contribution < -0.4 is 16.0 Å². The fraction of sp³-hybridized carbons (Fsp3) is 0.211. The summed E-state index contributed by atoms with van der Waals surface area (Å²) < 4.78 is 0.902. The molecular formula is C19H20BrN5O. The van der Waals surface area contributed by atoms with Crippen LogP contribution in [0.15, 0.2) is 53.3 Å². The van der Waals surface area contributed by atoms with Crippen molar-refractivity contribution < 1.29 is 4.79 Å². The Hall–Kier alpha value is -2.67. The number of benzene rings is 1. The molecule has 1 aromatic carbocycles. The van der Waals surface area contributed by atoms with Gasteiger partial charge >= 0.3 is 6.03 Å². The molecule has 0 saturated heterocycles. The summed E-state index contributed by atoms with van der Waals surface area (Å²) >= 11 is 3.41. The lowest BCUT2D eigenvalue weighted by Gasteiger charge is -2.11. The summed E-state index contributed by atoms with van der Waals surface area (Å²) in [5.41, 5.74) is 4.45. The van der Waals surface area contributed by atoms with Gasteiger partial charge in [-0.2, -0.15) is 0 Å². The minimum Gasteiger partial charge on any atom is -0.379 e. The van der Waals surface area contributed by atoms with Gasteiger partial charge < -0.3 is 16.0 Å². The Morgan fingerprint density at radius 1 is 1.15 bits per heavy atom. The molecule has 0 unspecified atom stereocenters. The molecule has 0 aliphatic rings. The highest BCUT2D eigenvalue weighted by atomic mass is 79.9.